The zero-order valence-electron chi connectivity index (χ0n) is 13.0. The fraction of sp³-hybridized carbons (Fsp3) is 0.100. The molecule has 0 radical (unpaired) electrons. The maximum atomic E-state index is 6.27. The zero-order chi connectivity index (χ0) is 16.6. The lowest BCUT2D eigenvalue weighted by molar-refractivity contribution is 1.38. The summed E-state index contributed by atoms with van der Waals surface area (Å²) in [5, 5.41) is 1.45. The van der Waals surface area contributed by atoms with Gasteiger partial charge in [-0.1, -0.05) is 47.5 Å². The molecule has 0 saturated heterocycles. The minimum absolute atomic E-state index is 0.726. The molecule has 23 heavy (non-hydrogen) atoms. The maximum Gasteiger partial charge on any atom is 0.0406 e. The van der Waals surface area contributed by atoms with Crippen LogP contribution >= 0.6 is 23.2 Å². The van der Waals surface area contributed by atoms with Crippen molar-refractivity contribution >= 4 is 28.9 Å². The van der Waals surface area contributed by atoms with E-state index in [9.17, 15) is 0 Å². The van der Waals surface area contributed by atoms with E-state index < -0.39 is 0 Å². The van der Waals surface area contributed by atoms with Gasteiger partial charge in [0.15, 0.2) is 0 Å². The first-order chi connectivity index (χ1) is 11.0. The Hall–Kier alpha value is -1.96. The molecule has 0 atom stereocenters. The molecule has 0 aliphatic heterocycles. The van der Waals surface area contributed by atoms with Gasteiger partial charge in [0.05, 0.1) is 0 Å². The van der Waals surface area contributed by atoms with E-state index in [-0.39, 0.29) is 0 Å². The van der Waals surface area contributed by atoms with E-state index >= 15 is 0 Å². The van der Waals surface area contributed by atoms with Crippen molar-refractivity contribution in [1.82, 2.24) is 0 Å². The summed E-state index contributed by atoms with van der Waals surface area (Å²) in [5.74, 6) is 0. The van der Waals surface area contributed by atoms with Gasteiger partial charge in [0.2, 0.25) is 0 Å². The number of nitrogens with two attached hydrogens (primary N) is 1. The van der Waals surface area contributed by atoms with E-state index in [4.69, 9.17) is 28.9 Å². The van der Waals surface area contributed by atoms with Crippen molar-refractivity contribution < 1.29 is 0 Å². The summed E-state index contributed by atoms with van der Waals surface area (Å²) in [6, 6.07) is 17.7. The van der Waals surface area contributed by atoms with Crippen molar-refractivity contribution in [2.24, 2.45) is 0 Å². The second-order valence-electron chi connectivity index (χ2n) is 5.65. The number of halogens is 2. The summed E-state index contributed by atoms with van der Waals surface area (Å²) in [5.41, 5.74) is 13.8. The molecule has 3 aromatic carbocycles. The first-order valence-corrected chi connectivity index (χ1v) is 8.14. The highest BCUT2D eigenvalue weighted by molar-refractivity contribution is 6.31. The molecular weight excluding hydrogens is 325 g/mol. The summed E-state index contributed by atoms with van der Waals surface area (Å²) in [6.45, 7) is 4.18. The van der Waals surface area contributed by atoms with Crippen molar-refractivity contribution in [1.29, 1.82) is 0 Å². The molecule has 0 saturated carbocycles. The molecule has 0 aliphatic rings. The summed E-state index contributed by atoms with van der Waals surface area (Å²) in [6.07, 6.45) is 0. The Balaban J connectivity index is 2.24. The van der Waals surface area contributed by atoms with Gasteiger partial charge in [0.25, 0.3) is 0 Å². The Morgan fingerprint density at radius 2 is 1.17 bits per heavy atom. The normalized spacial score (nSPS) is 10.8. The SMILES string of the molecule is Cc1c(N)cc(-c2ccc(Cl)cc2)c(C)c1-c1ccc(Cl)cc1. The van der Waals surface area contributed by atoms with Crippen LogP contribution in [0.2, 0.25) is 10.0 Å². The molecule has 0 heterocycles. The Morgan fingerprint density at radius 1 is 0.696 bits per heavy atom. The predicted molar refractivity (Wildman–Crippen MR) is 101 cm³/mol. The third-order valence-corrected chi connectivity index (χ3v) is 4.68. The lowest BCUT2D eigenvalue weighted by Crippen LogP contribution is -1.98. The molecule has 3 rings (SSSR count). The van der Waals surface area contributed by atoms with E-state index in [1.54, 1.807) is 0 Å². The van der Waals surface area contributed by atoms with E-state index in [0.29, 0.717) is 0 Å². The molecule has 116 valence electrons. The predicted octanol–water partition coefficient (Wildman–Crippen LogP) is 6.53. The molecule has 3 heteroatoms. The van der Waals surface area contributed by atoms with E-state index in [1.807, 2.05) is 54.6 Å². The molecule has 0 unspecified atom stereocenters. The molecule has 0 bridgehead atoms. The molecule has 1 nitrogen and oxygen atoms in total. The monoisotopic (exact) mass is 341 g/mol. The molecule has 3 aromatic rings. The standard InChI is InChI=1S/C20H17Cl2N/c1-12-18(14-3-7-16(21)8-4-14)11-19(23)13(2)20(12)15-5-9-17(22)10-6-15/h3-11H,23H2,1-2H3. The maximum absolute atomic E-state index is 6.27. The van der Waals surface area contributed by atoms with Gasteiger partial charge < -0.3 is 5.73 Å². The molecule has 0 aliphatic carbocycles. The summed E-state index contributed by atoms with van der Waals surface area (Å²) in [7, 11) is 0. The molecule has 0 aromatic heterocycles. The Kier molecular flexibility index (Phi) is 4.34. The highest BCUT2D eigenvalue weighted by Crippen LogP contribution is 2.38. The van der Waals surface area contributed by atoms with Gasteiger partial charge >= 0.3 is 0 Å². The van der Waals surface area contributed by atoms with Crippen LogP contribution in [0.3, 0.4) is 0 Å². The fourth-order valence-electron chi connectivity index (χ4n) is 2.91. The van der Waals surface area contributed by atoms with Crippen molar-refractivity contribution in [2.45, 2.75) is 13.8 Å². The van der Waals surface area contributed by atoms with Gasteiger partial charge in [-0.3, -0.25) is 0 Å². The molecule has 0 fully saturated rings. The number of benzene rings is 3. The van der Waals surface area contributed by atoms with Gasteiger partial charge in [0, 0.05) is 15.7 Å². The first-order valence-electron chi connectivity index (χ1n) is 7.39. The smallest absolute Gasteiger partial charge is 0.0406 e. The minimum Gasteiger partial charge on any atom is -0.398 e. The van der Waals surface area contributed by atoms with Crippen molar-refractivity contribution in [2.75, 3.05) is 5.73 Å². The number of anilines is 1. The summed E-state index contributed by atoms with van der Waals surface area (Å²) >= 11 is 12.0. The highest BCUT2D eigenvalue weighted by atomic mass is 35.5. The van der Waals surface area contributed by atoms with Crippen LogP contribution in [0, 0.1) is 13.8 Å². The van der Waals surface area contributed by atoms with E-state index in [0.717, 1.165) is 43.5 Å². The molecule has 0 spiro atoms. The van der Waals surface area contributed by atoms with Crippen LogP contribution in [0.5, 0.6) is 0 Å². The molecule has 0 amide bonds. The number of nitrogen functional groups attached to an aromatic ring is 1. The van der Waals surface area contributed by atoms with Gasteiger partial charge in [-0.15, -0.1) is 0 Å². The van der Waals surface area contributed by atoms with Gasteiger partial charge in [-0.05, 0) is 77.6 Å². The molecular formula is C20H17Cl2N. The summed E-state index contributed by atoms with van der Waals surface area (Å²) in [4.78, 5) is 0. The zero-order valence-corrected chi connectivity index (χ0v) is 14.5. The highest BCUT2D eigenvalue weighted by Gasteiger charge is 2.14. The van der Waals surface area contributed by atoms with Gasteiger partial charge in [-0.2, -0.15) is 0 Å². The Bertz CT molecular complexity index is 850. The Morgan fingerprint density at radius 3 is 1.70 bits per heavy atom. The fourth-order valence-corrected chi connectivity index (χ4v) is 3.16. The second-order valence-corrected chi connectivity index (χ2v) is 6.53. The topological polar surface area (TPSA) is 26.0 Å². The van der Waals surface area contributed by atoms with E-state index in [2.05, 4.69) is 13.8 Å². The van der Waals surface area contributed by atoms with Crippen molar-refractivity contribution in [3.63, 3.8) is 0 Å². The van der Waals surface area contributed by atoms with Crippen LogP contribution in [0.25, 0.3) is 22.3 Å². The minimum atomic E-state index is 0.726. The second kappa shape index (κ2) is 6.27. The first kappa shape index (κ1) is 15.9. The van der Waals surface area contributed by atoms with Crippen LogP contribution in [-0.2, 0) is 0 Å². The van der Waals surface area contributed by atoms with Crippen LogP contribution < -0.4 is 5.73 Å². The summed E-state index contributed by atoms with van der Waals surface area (Å²) < 4.78 is 0. The number of hydrogen-bond donors (Lipinski definition) is 1. The van der Waals surface area contributed by atoms with Crippen molar-refractivity contribution in [3.05, 3.63) is 75.8 Å². The third kappa shape index (κ3) is 3.08. The number of rotatable bonds is 2. The Labute approximate surface area is 146 Å². The number of hydrogen-bond acceptors (Lipinski definition) is 1. The third-order valence-electron chi connectivity index (χ3n) is 4.17. The van der Waals surface area contributed by atoms with Gasteiger partial charge in [-0.25, -0.2) is 0 Å². The lowest BCUT2D eigenvalue weighted by Gasteiger charge is -2.17. The largest absolute Gasteiger partial charge is 0.398 e. The van der Waals surface area contributed by atoms with Crippen LogP contribution in [0.1, 0.15) is 11.1 Å². The average molecular weight is 342 g/mol. The van der Waals surface area contributed by atoms with E-state index in [1.165, 1.54) is 5.56 Å². The van der Waals surface area contributed by atoms with Crippen LogP contribution in [-0.4, -0.2) is 0 Å². The average Bonchev–Trinajstić information content (AvgIpc) is 2.54. The lowest BCUT2D eigenvalue weighted by atomic mass is 9.88. The molecule has 2 N–H and O–H groups in total. The van der Waals surface area contributed by atoms with Crippen LogP contribution in [0.4, 0.5) is 5.69 Å². The van der Waals surface area contributed by atoms with Gasteiger partial charge in [0.1, 0.15) is 0 Å². The quantitative estimate of drug-likeness (QED) is 0.527. The van der Waals surface area contributed by atoms with Crippen molar-refractivity contribution in [3.8, 4) is 22.3 Å². The van der Waals surface area contributed by atoms with Crippen LogP contribution in [0.15, 0.2) is 54.6 Å².